The highest BCUT2D eigenvalue weighted by molar-refractivity contribution is 5.60. The summed E-state index contributed by atoms with van der Waals surface area (Å²) < 4.78 is 0. The number of aryl methyl sites for hydroxylation is 1. The molecule has 1 heterocycles. The van der Waals surface area contributed by atoms with Crippen LogP contribution < -0.4 is 0 Å². The van der Waals surface area contributed by atoms with Gasteiger partial charge < -0.3 is 0 Å². The molecule has 18 heavy (non-hydrogen) atoms. The van der Waals surface area contributed by atoms with Crippen molar-refractivity contribution in [3.05, 3.63) is 36.0 Å². The molecule has 0 fully saturated rings. The zero-order valence-corrected chi connectivity index (χ0v) is 10.5. The predicted octanol–water partition coefficient (Wildman–Crippen LogP) is 3.34. The molecule has 0 N–H and O–H groups in total. The second kappa shape index (κ2) is 5.95. The lowest BCUT2D eigenvalue weighted by Crippen LogP contribution is -1.95. The highest BCUT2D eigenvalue weighted by Gasteiger charge is 2.06. The summed E-state index contributed by atoms with van der Waals surface area (Å²) in [4.78, 5) is 4.29. The molecule has 1 aromatic carbocycles. The van der Waals surface area contributed by atoms with Crippen molar-refractivity contribution in [3.63, 3.8) is 0 Å². The van der Waals surface area contributed by atoms with Gasteiger partial charge in [-0.05, 0) is 13.3 Å². The number of azo groups is 1. The average molecular weight is 241 g/mol. The first kappa shape index (κ1) is 12.3. The molecule has 2 rings (SSSR count). The van der Waals surface area contributed by atoms with Gasteiger partial charge in [0.2, 0.25) is 0 Å². The van der Waals surface area contributed by atoms with Crippen molar-refractivity contribution < 1.29 is 0 Å². The van der Waals surface area contributed by atoms with Gasteiger partial charge in [-0.3, -0.25) is 0 Å². The van der Waals surface area contributed by atoms with Crippen LogP contribution in [-0.2, 0) is 0 Å². The van der Waals surface area contributed by atoms with Gasteiger partial charge in [0, 0.05) is 5.56 Å². The molecule has 0 aliphatic heterocycles. The molecule has 92 valence electrons. The van der Waals surface area contributed by atoms with E-state index in [0.717, 1.165) is 23.4 Å². The Hall–Kier alpha value is -2.17. The van der Waals surface area contributed by atoms with Crippen LogP contribution in [0.5, 0.6) is 0 Å². The Morgan fingerprint density at radius 2 is 1.89 bits per heavy atom. The number of rotatable bonds is 4. The van der Waals surface area contributed by atoms with E-state index in [1.165, 1.54) is 0 Å². The van der Waals surface area contributed by atoms with E-state index < -0.39 is 0 Å². The molecule has 0 aliphatic carbocycles. The molecule has 2 aromatic rings. The highest BCUT2D eigenvalue weighted by atomic mass is 15.3. The maximum Gasteiger partial charge on any atom is 0.287 e. The van der Waals surface area contributed by atoms with E-state index in [0.29, 0.717) is 12.5 Å². The van der Waals surface area contributed by atoms with Gasteiger partial charge in [0.1, 0.15) is 5.69 Å². The number of aromatic nitrogens is 3. The molecule has 0 bridgehead atoms. The molecule has 0 amide bonds. The molecule has 0 atom stereocenters. The SMILES string of the molecule is CCCN=Nc1nnc(-c2ccccc2)c(C)n1. The van der Waals surface area contributed by atoms with E-state index in [4.69, 9.17) is 0 Å². The Balaban J connectivity index is 2.26. The molecule has 0 saturated heterocycles. The average Bonchev–Trinajstić information content (AvgIpc) is 2.40. The fraction of sp³-hybridized carbons (Fsp3) is 0.308. The summed E-state index contributed by atoms with van der Waals surface area (Å²) >= 11 is 0. The lowest BCUT2D eigenvalue weighted by molar-refractivity contribution is 0.843. The quantitative estimate of drug-likeness (QED) is 0.771. The predicted molar refractivity (Wildman–Crippen MR) is 69.7 cm³/mol. The number of benzene rings is 1. The van der Waals surface area contributed by atoms with Crippen LogP contribution in [-0.4, -0.2) is 21.7 Å². The van der Waals surface area contributed by atoms with Crippen molar-refractivity contribution in [3.8, 4) is 11.3 Å². The summed E-state index contributed by atoms with van der Waals surface area (Å²) in [5.74, 6) is 0.320. The molecule has 0 radical (unpaired) electrons. The number of nitrogens with zero attached hydrogens (tertiary/aromatic N) is 5. The third kappa shape index (κ3) is 2.94. The minimum Gasteiger partial charge on any atom is -0.212 e. The van der Waals surface area contributed by atoms with Crippen LogP contribution in [0.4, 0.5) is 5.95 Å². The molecule has 1 aromatic heterocycles. The van der Waals surface area contributed by atoms with Crippen LogP contribution in [0.25, 0.3) is 11.3 Å². The molecule has 0 saturated carbocycles. The number of hydrogen-bond donors (Lipinski definition) is 0. The number of hydrogen-bond acceptors (Lipinski definition) is 5. The van der Waals surface area contributed by atoms with E-state index in [1.807, 2.05) is 44.2 Å². The van der Waals surface area contributed by atoms with Crippen molar-refractivity contribution in [2.45, 2.75) is 20.3 Å². The third-order valence-corrected chi connectivity index (χ3v) is 2.38. The maximum atomic E-state index is 4.29. The minimum atomic E-state index is 0.320. The molecule has 5 nitrogen and oxygen atoms in total. The summed E-state index contributed by atoms with van der Waals surface area (Å²) in [5, 5.41) is 16.0. The van der Waals surface area contributed by atoms with E-state index in [1.54, 1.807) is 0 Å². The first-order valence-electron chi connectivity index (χ1n) is 5.95. The van der Waals surface area contributed by atoms with Crippen molar-refractivity contribution in [1.82, 2.24) is 15.2 Å². The Kier molecular flexibility index (Phi) is 4.06. The van der Waals surface area contributed by atoms with E-state index in [-0.39, 0.29) is 0 Å². The van der Waals surface area contributed by atoms with Gasteiger partial charge in [-0.25, -0.2) is 4.98 Å². The Morgan fingerprint density at radius 1 is 1.11 bits per heavy atom. The van der Waals surface area contributed by atoms with Gasteiger partial charge in [-0.1, -0.05) is 37.3 Å². The normalized spacial score (nSPS) is 11.0. The fourth-order valence-electron chi connectivity index (χ4n) is 1.51. The monoisotopic (exact) mass is 241 g/mol. The van der Waals surface area contributed by atoms with Crippen molar-refractivity contribution in [1.29, 1.82) is 0 Å². The van der Waals surface area contributed by atoms with E-state index >= 15 is 0 Å². The van der Waals surface area contributed by atoms with Gasteiger partial charge >= 0.3 is 0 Å². The van der Waals surface area contributed by atoms with Crippen LogP contribution >= 0.6 is 0 Å². The van der Waals surface area contributed by atoms with Crippen molar-refractivity contribution >= 4 is 5.95 Å². The smallest absolute Gasteiger partial charge is 0.212 e. The first-order chi connectivity index (χ1) is 8.81. The lowest BCUT2D eigenvalue weighted by atomic mass is 10.1. The molecular weight excluding hydrogens is 226 g/mol. The lowest BCUT2D eigenvalue weighted by Gasteiger charge is -2.02. The summed E-state index contributed by atoms with van der Waals surface area (Å²) in [6.45, 7) is 4.63. The summed E-state index contributed by atoms with van der Waals surface area (Å²) in [5.41, 5.74) is 2.60. The van der Waals surface area contributed by atoms with Crippen molar-refractivity contribution in [2.24, 2.45) is 10.2 Å². The van der Waals surface area contributed by atoms with Gasteiger partial charge in [0.25, 0.3) is 5.95 Å². The van der Waals surface area contributed by atoms with Gasteiger partial charge in [0.15, 0.2) is 0 Å². The van der Waals surface area contributed by atoms with Crippen LogP contribution in [0.15, 0.2) is 40.6 Å². The van der Waals surface area contributed by atoms with E-state index in [9.17, 15) is 0 Å². The molecule has 5 heteroatoms. The minimum absolute atomic E-state index is 0.320. The van der Waals surface area contributed by atoms with Crippen LogP contribution in [0, 0.1) is 6.92 Å². The molecule has 0 aliphatic rings. The van der Waals surface area contributed by atoms with Crippen LogP contribution in [0.2, 0.25) is 0 Å². The summed E-state index contributed by atoms with van der Waals surface area (Å²) in [7, 11) is 0. The fourth-order valence-corrected chi connectivity index (χ4v) is 1.51. The summed E-state index contributed by atoms with van der Waals surface area (Å²) in [6.07, 6.45) is 0.956. The summed E-state index contributed by atoms with van der Waals surface area (Å²) in [6, 6.07) is 9.86. The molecule has 0 unspecified atom stereocenters. The first-order valence-corrected chi connectivity index (χ1v) is 5.95. The Morgan fingerprint density at radius 3 is 2.56 bits per heavy atom. The Bertz CT molecular complexity index is 536. The standard InChI is InChI=1S/C13H15N5/c1-3-9-14-17-13-15-10(2)12(16-18-13)11-7-5-4-6-8-11/h4-8H,3,9H2,1-2H3. The highest BCUT2D eigenvalue weighted by Crippen LogP contribution is 2.19. The maximum absolute atomic E-state index is 4.29. The molecule has 0 spiro atoms. The van der Waals surface area contributed by atoms with Gasteiger partial charge in [-0.15, -0.1) is 15.3 Å². The van der Waals surface area contributed by atoms with Crippen LogP contribution in [0.3, 0.4) is 0 Å². The zero-order chi connectivity index (χ0) is 12.8. The van der Waals surface area contributed by atoms with Crippen LogP contribution in [0.1, 0.15) is 19.0 Å². The largest absolute Gasteiger partial charge is 0.287 e. The van der Waals surface area contributed by atoms with Gasteiger partial charge in [-0.2, -0.15) is 5.11 Å². The molecular formula is C13H15N5. The Labute approximate surface area is 106 Å². The second-order valence-corrected chi connectivity index (χ2v) is 3.88. The second-order valence-electron chi connectivity index (χ2n) is 3.88. The topological polar surface area (TPSA) is 63.4 Å². The third-order valence-electron chi connectivity index (χ3n) is 2.38. The van der Waals surface area contributed by atoms with Crippen molar-refractivity contribution in [2.75, 3.05) is 6.54 Å². The van der Waals surface area contributed by atoms with E-state index in [2.05, 4.69) is 25.4 Å². The van der Waals surface area contributed by atoms with Gasteiger partial charge in [0.05, 0.1) is 12.2 Å². The zero-order valence-electron chi connectivity index (χ0n) is 10.5.